The van der Waals surface area contributed by atoms with E-state index in [1.807, 2.05) is 6.07 Å². The van der Waals surface area contributed by atoms with Crippen molar-refractivity contribution >= 4 is 40.7 Å². The van der Waals surface area contributed by atoms with E-state index in [-0.39, 0.29) is 21.3 Å². The van der Waals surface area contributed by atoms with Crippen LogP contribution >= 0.6 is 23.2 Å². The lowest BCUT2D eigenvalue weighted by atomic mass is 9.67. The summed E-state index contributed by atoms with van der Waals surface area (Å²) in [6.45, 7) is 3.41. The van der Waals surface area contributed by atoms with E-state index in [1.54, 1.807) is 13.8 Å². The molecule has 3 aliphatic rings. The molecule has 2 amide bonds. The monoisotopic (exact) mass is 380 g/mol. The minimum absolute atomic E-state index is 0.00370. The van der Waals surface area contributed by atoms with Gasteiger partial charge in [-0.25, -0.2) is 4.90 Å². The zero-order valence-corrected chi connectivity index (χ0v) is 14.9. The summed E-state index contributed by atoms with van der Waals surface area (Å²) in [7, 11) is 0. The second kappa shape index (κ2) is 4.95. The maximum absolute atomic E-state index is 13.0. The van der Waals surface area contributed by atoms with E-state index in [2.05, 4.69) is 0 Å². The van der Waals surface area contributed by atoms with Gasteiger partial charge in [-0.3, -0.25) is 9.59 Å². The average Bonchev–Trinajstić information content (AvgIpc) is 3.05. The van der Waals surface area contributed by atoms with Gasteiger partial charge in [-0.15, -0.1) is 0 Å². The Kier molecular flexibility index (Phi) is 3.33. The Bertz CT molecular complexity index is 882. The Labute approximate surface area is 153 Å². The maximum Gasteiger partial charge on any atom is 0.240 e. The molecule has 3 heterocycles. The molecule has 0 radical (unpaired) electrons. The Hall–Kier alpha value is -1.65. The topological polar surface area (TPSA) is 90.6 Å². The number of fused-ring (bicyclic) bond motifs is 5. The molecule has 130 valence electrons. The summed E-state index contributed by atoms with van der Waals surface area (Å²) in [6, 6.07) is 4.76. The van der Waals surface area contributed by atoms with Crippen LogP contribution in [0.15, 0.2) is 12.1 Å². The van der Waals surface area contributed by atoms with Crippen molar-refractivity contribution in [2.45, 2.75) is 37.6 Å². The van der Waals surface area contributed by atoms with Crippen molar-refractivity contribution in [3.63, 3.8) is 0 Å². The first-order chi connectivity index (χ1) is 11.7. The van der Waals surface area contributed by atoms with Crippen LogP contribution in [0.1, 0.15) is 25.8 Å². The fourth-order valence-corrected chi connectivity index (χ4v) is 5.01. The van der Waals surface area contributed by atoms with Gasteiger partial charge in [0.05, 0.1) is 44.8 Å². The minimum atomic E-state index is -1.11. The number of carbonyl (C=O) groups excluding carboxylic acids is 2. The van der Waals surface area contributed by atoms with E-state index in [4.69, 9.17) is 33.2 Å². The van der Waals surface area contributed by atoms with Gasteiger partial charge >= 0.3 is 0 Å². The van der Waals surface area contributed by atoms with Gasteiger partial charge in [0.25, 0.3) is 0 Å². The molecule has 6 nitrogen and oxygen atoms in total. The summed E-state index contributed by atoms with van der Waals surface area (Å²) >= 11 is 12.3. The SMILES string of the molecule is CC12C[C@H](O)C(C)(O1)[C@@H]1C(=O)N(c3ccc(C#N)c(Cl)c3Cl)C(=O)[C@@H]12. The van der Waals surface area contributed by atoms with Gasteiger partial charge < -0.3 is 9.84 Å². The fraction of sp³-hybridized carbons (Fsp3) is 0.471. The van der Waals surface area contributed by atoms with Crippen LogP contribution in [0.3, 0.4) is 0 Å². The summed E-state index contributed by atoms with van der Waals surface area (Å²) in [5.74, 6) is -2.35. The lowest BCUT2D eigenvalue weighted by molar-refractivity contribution is -0.132. The normalized spacial score (nSPS) is 39.0. The van der Waals surface area contributed by atoms with Crippen molar-refractivity contribution in [2.75, 3.05) is 4.90 Å². The third-order valence-electron chi connectivity index (χ3n) is 5.72. The quantitative estimate of drug-likeness (QED) is 0.754. The number of aliphatic hydroxyl groups excluding tert-OH is 1. The summed E-state index contributed by atoms with van der Waals surface area (Å²) in [4.78, 5) is 27.1. The number of rotatable bonds is 1. The molecular formula is C17H14Cl2N2O4. The number of amides is 2. The summed E-state index contributed by atoms with van der Waals surface area (Å²) < 4.78 is 5.92. The highest BCUT2D eigenvalue weighted by atomic mass is 35.5. The highest BCUT2D eigenvalue weighted by molar-refractivity contribution is 6.45. The van der Waals surface area contributed by atoms with E-state index in [1.165, 1.54) is 12.1 Å². The molecule has 3 fully saturated rings. The number of ether oxygens (including phenoxy) is 1. The molecular weight excluding hydrogens is 367 g/mol. The van der Waals surface area contributed by atoms with Crippen LogP contribution in [-0.2, 0) is 14.3 Å². The van der Waals surface area contributed by atoms with Gasteiger partial charge in [0.1, 0.15) is 11.7 Å². The van der Waals surface area contributed by atoms with E-state index in [0.717, 1.165) is 4.90 Å². The van der Waals surface area contributed by atoms with Crippen molar-refractivity contribution < 1.29 is 19.4 Å². The lowest BCUT2D eigenvalue weighted by Gasteiger charge is -2.31. The van der Waals surface area contributed by atoms with Gasteiger partial charge in [0, 0.05) is 6.42 Å². The molecule has 3 saturated heterocycles. The zero-order chi connectivity index (χ0) is 18.3. The number of hydrogen-bond acceptors (Lipinski definition) is 5. The molecule has 0 spiro atoms. The van der Waals surface area contributed by atoms with Crippen molar-refractivity contribution in [1.29, 1.82) is 5.26 Å². The van der Waals surface area contributed by atoms with Crippen molar-refractivity contribution in [3.8, 4) is 6.07 Å². The molecule has 8 heteroatoms. The van der Waals surface area contributed by atoms with Crippen LogP contribution in [0, 0.1) is 23.2 Å². The number of imide groups is 1. The van der Waals surface area contributed by atoms with Crippen LogP contribution in [0.4, 0.5) is 5.69 Å². The highest BCUT2D eigenvalue weighted by Crippen LogP contribution is 2.61. The van der Waals surface area contributed by atoms with Crippen LogP contribution in [0.25, 0.3) is 0 Å². The largest absolute Gasteiger partial charge is 0.390 e. The zero-order valence-electron chi connectivity index (χ0n) is 13.4. The van der Waals surface area contributed by atoms with E-state index < -0.39 is 41.0 Å². The van der Waals surface area contributed by atoms with Crippen LogP contribution in [-0.4, -0.2) is 34.2 Å². The van der Waals surface area contributed by atoms with E-state index >= 15 is 0 Å². The molecule has 5 atom stereocenters. The second-order valence-electron chi connectivity index (χ2n) is 7.16. The Morgan fingerprint density at radius 3 is 2.52 bits per heavy atom. The Morgan fingerprint density at radius 2 is 1.88 bits per heavy atom. The van der Waals surface area contributed by atoms with Crippen molar-refractivity contribution in [1.82, 2.24) is 0 Å². The van der Waals surface area contributed by atoms with Crippen molar-refractivity contribution in [2.24, 2.45) is 11.8 Å². The Balaban J connectivity index is 1.84. The number of hydrogen-bond donors (Lipinski definition) is 1. The molecule has 3 aliphatic heterocycles. The van der Waals surface area contributed by atoms with Crippen LogP contribution in [0.5, 0.6) is 0 Å². The number of nitrogens with zero attached hydrogens (tertiary/aromatic N) is 2. The number of anilines is 1. The minimum Gasteiger partial charge on any atom is -0.390 e. The number of carbonyl (C=O) groups is 2. The number of aliphatic hydroxyl groups is 1. The average molecular weight is 381 g/mol. The maximum atomic E-state index is 13.0. The molecule has 1 aromatic carbocycles. The number of halogens is 2. The number of benzene rings is 1. The summed E-state index contributed by atoms with van der Waals surface area (Å²) in [5, 5.41) is 19.3. The van der Waals surface area contributed by atoms with Crippen LogP contribution in [0.2, 0.25) is 10.0 Å². The van der Waals surface area contributed by atoms with E-state index in [9.17, 15) is 14.7 Å². The fourth-order valence-electron chi connectivity index (χ4n) is 4.56. The molecule has 0 aromatic heterocycles. The predicted octanol–water partition coefficient (Wildman–Crippen LogP) is 2.28. The number of nitriles is 1. The molecule has 1 N–H and O–H groups in total. The molecule has 0 saturated carbocycles. The highest BCUT2D eigenvalue weighted by Gasteiger charge is 2.75. The molecule has 25 heavy (non-hydrogen) atoms. The van der Waals surface area contributed by atoms with Crippen LogP contribution < -0.4 is 4.90 Å². The summed E-state index contributed by atoms with van der Waals surface area (Å²) in [5.41, 5.74) is -1.70. The molecule has 0 aliphatic carbocycles. The third kappa shape index (κ3) is 1.87. The van der Waals surface area contributed by atoms with Gasteiger partial charge in [0.15, 0.2) is 0 Å². The third-order valence-corrected chi connectivity index (χ3v) is 6.59. The first-order valence-electron chi connectivity index (χ1n) is 7.80. The van der Waals surface area contributed by atoms with Crippen molar-refractivity contribution in [3.05, 3.63) is 27.7 Å². The molecule has 1 aromatic rings. The predicted molar refractivity (Wildman–Crippen MR) is 89.2 cm³/mol. The molecule has 2 bridgehead atoms. The smallest absolute Gasteiger partial charge is 0.240 e. The van der Waals surface area contributed by atoms with Gasteiger partial charge in [0.2, 0.25) is 11.8 Å². The standard InChI is InChI=1S/C17H14Cl2N2O4/c1-16-5-9(22)17(2,25-16)11-10(16)14(23)21(15(11)24)8-4-3-7(6-20)12(18)13(8)19/h3-4,9-11,22H,5H2,1-2H3/t9-,10+,11-,16?,17?/m0/s1. The van der Waals surface area contributed by atoms with E-state index in [0.29, 0.717) is 6.42 Å². The van der Waals surface area contributed by atoms with Gasteiger partial charge in [-0.2, -0.15) is 5.26 Å². The summed E-state index contributed by atoms with van der Waals surface area (Å²) in [6.07, 6.45) is -0.533. The first-order valence-corrected chi connectivity index (χ1v) is 8.55. The lowest BCUT2D eigenvalue weighted by Crippen LogP contribution is -2.49. The van der Waals surface area contributed by atoms with Gasteiger partial charge in [-0.1, -0.05) is 23.2 Å². The first kappa shape index (κ1) is 16.8. The molecule has 2 unspecified atom stereocenters. The molecule has 4 rings (SSSR count). The van der Waals surface area contributed by atoms with Gasteiger partial charge in [-0.05, 0) is 26.0 Å². The second-order valence-corrected chi connectivity index (χ2v) is 7.91. The Morgan fingerprint density at radius 1 is 1.24 bits per heavy atom.